The van der Waals surface area contributed by atoms with E-state index in [1.54, 1.807) is 48.4 Å². The molecule has 0 aliphatic carbocycles. The Labute approximate surface area is 181 Å². The molecular weight excluding hydrogens is 398 g/mol. The molecule has 2 aliphatic rings. The average Bonchev–Trinajstić information content (AvgIpc) is 3.19. The van der Waals surface area contributed by atoms with Crippen molar-refractivity contribution in [3.05, 3.63) is 60.7 Å². The molecule has 1 fully saturated rings. The van der Waals surface area contributed by atoms with Crippen LogP contribution in [0.4, 0.5) is 0 Å². The minimum Gasteiger partial charge on any atom is -0.497 e. The van der Waals surface area contributed by atoms with Gasteiger partial charge < -0.3 is 23.8 Å². The van der Waals surface area contributed by atoms with Gasteiger partial charge in [0.15, 0.2) is 23.9 Å². The molecule has 0 N–H and O–H groups in total. The van der Waals surface area contributed by atoms with Crippen LogP contribution in [0.1, 0.15) is 23.2 Å². The van der Waals surface area contributed by atoms with Gasteiger partial charge in [-0.1, -0.05) is 24.8 Å². The molecule has 0 radical (unpaired) electrons. The zero-order valence-electron chi connectivity index (χ0n) is 17.5. The zero-order valence-corrected chi connectivity index (χ0v) is 17.5. The highest BCUT2D eigenvalue weighted by Gasteiger charge is 2.47. The van der Waals surface area contributed by atoms with E-state index in [1.165, 1.54) is 0 Å². The highest BCUT2D eigenvalue weighted by molar-refractivity contribution is 6.01. The number of nitrogens with zero attached hydrogens (tertiary/aromatic N) is 1. The molecule has 0 saturated carbocycles. The average molecular weight is 423 g/mol. The van der Waals surface area contributed by atoms with Gasteiger partial charge in [-0.2, -0.15) is 0 Å². The third-order valence-electron chi connectivity index (χ3n) is 5.52. The van der Waals surface area contributed by atoms with Crippen LogP contribution in [0.3, 0.4) is 0 Å². The maximum Gasteiger partial charge on any atom is 0.260 e. The van der Waals surface area contributed by atoms with Crippen molar-refractivity contribution in [2.75, 3.05) is 33.4 Å². The smallest absolute Gasteiger partial charge is 0.260 e. The molecule has 1 spiro atoms. The number of carbonyl (C=O) groups is 2. The van der Waals surface area contributed by atoms with Crippen molar-refractivity contribution in [3.8, 4) is 23.0 Å². The van der Waals surface area contributed by atoms with Crippen LogP contribution < -0.4 is 18.9 Å². The second-order valence-corrected chi connectivity index (χ2v) is 7.65. The van der Waals surface area contributed by atoms with Gasteiger partial charge in [0.2, 0.25) is 0 Å². The molecule has 0 bridgehead atoms. The summed E-state index contributed by atoms with van der Waals surface area (Å²) in [5.41, 5.74) is -0.173. The fourth-order valence-corrected chi connectivity index (χ4v) is 3.95. The topological polar surface area (TPSA) is 74.3 Å². The van der Waals surface area contributed by atoms with Crippen molar-refractivity contribution in [3.63, 3.8) is 0 Å². The van der Waals surface area contributed by atoms with Crippen LogP contribution in [0.5, 0.6) is 23.0 Å². The number of rotatable bonds is 7. The van der Waals surface area contributed by atoms with E-state index in [9.17, 15) is 9.59 Å². The Hall–Kier alpha value is -3.48. The van der Waals surface area contributed by atoms with Gasteiger partial charge in [0.1, 0.15) is 23.7 Å². The lowest BCUT2D eigenvalue weighted by Gasteiger charge is -2.34. The number of Topliss-reactive ketones (excluding diaryl/α,β-unsaturated/α-hetero) is 1. The van der Waals surface area contributed by atoms with Gasteiger partial charge in [0, 0.05) is 13.0 Å². The third kappa shape index (κ3) is 4.35. The van der Waals surface area contributed by atoms with E-state index in [0.717, 1.165) is 0 Å². The molecule has 1 amide bonds. The van der Waals surface area contributed by atoms with Crippen molar-refractivity contribution in [2.45, 2.75) is 18.4 Å². The van der Waals surface area contributed by atoms with E-state index in [0.29, 0.717) is 54.7 Å². The SMILES string of the molecule is C=CCOc1ccccc1OCC(=O)N1CCC2(CC(=O)c3cc(OC)ccc3O2)C1. The number of hydrogen-bond donors (Lipinski definition) is 0. The number of ether oxygens (including phenoxy) is 4. The van der Waals surface area contributed by atoms with Gasteiger partial charge in [-0.25, -0.2) is 0 Å². The summed E-state index contributed by atoms with van der Waals surface area (Å²) in [4.78, 5) is 27.2. The molecule has 7 heteroatoms. The molecule has 2 heterocycles. The summed E-state index contributed by atoms with van der Waals surface area (Å²) in [5, 5.41) is 0. The summed E-state index contributed by atoms with van der Waals surface area (Å²) in [6.07, 6.45) is 2.47. The number of hydrogen-bond acceptors (Lipinski definition) is 6. The first-order chi connectivity index (χ1) is 15.0. The molecule has 2 aromatic rings. The summed E-state index contributed by atoms with van der Waals surface area (Å²) >= 11 is 0. The zero-order chi connectivity index (χ0) is 21.8. The molecule has 4 rings (SSSR count). The first-order valence-electron chi connectivity index (χ1n) is 10.2. The lowest BCUT2D eigenvalue weighted by Crippen LogP contribution is -2.45. The second-order valence-electron chi connectivity index (χ2n) is 7.65. The van der Waals surface area contributed by atoms with Crippen LogP contribution in [0, 0.1) is 0 Å². The molecule has 2 aliphatic heterocycles. The predicted molar refractivity (Wildman–Crippen MR) is 114 cm³/mol. The van der Waals surface area contributed by atoms with Crippen LogP contribution in [0.25, 0.3) is 0 Å². The molecule has 162 valence electrons. The first kappa shape index (κ1) is 20.8. The Balaban J connectivity index is 1.39. The van der Waals surface area contributed by atoms with Gasteiger partial charge in [-0.05, 0) is 30.3 Å². The van der Waals surface area contributed by atoms with Crippen LogP contribution in [-0.4, -0.2) is 55.6 Å². The van der Waals surface area contributed by atoms with E-state index in [1.807, 2.05) is 12.1 Å². The van der Waals surface area contributed by atoms with Crippen molar-refractivity contribution in [2.24, 2.45) is 0 Å². The number of carbonyl (C=O) groups excluding carboxylic acids is 2. The number of para-hydroxylation sites is 2. The van der Waals surface area contributed by atoms with Gasteiger partial charge in [-0.15, -0.1) is 0 Å². The molecule has 1 atom stereocenters. The normalized spacial score (nSPS) is 19.5. The van der Waals surface area contributed by atoms with Crippen molar-refractivity contribution in [1.82, 2.24) is 4.90 Å². The maximum absolute atomic E-state index is 12.8. The Morgan fingerprint density at radius 1 is 1.23 bits per heavy atom. The van der Waals surface area contributed by atoms with Gasteiger partial charge in [0.25, 0.3) is 5.91 Å². The Morgan fingerprint density at radius 3 is 2.74 bits per heavy atom. The van der Waals surface area contributed by atoms with Gasteiger partial charge >= 0.3 is 0 Å². The van der Waals surface area contributed by atoms with Crippen molar-refractivity contribution >= 4 is 11.7 Å². The molecule has 1 saturated heterocycles. The van der Waals surface area contributed by atoms with Crippen molar-refractivity contribution in [1.29, 1.82) is 0 Å². The van der Waals surface area contributed by atoms with Gasteiger partial charge in [0.05, 0.1) is 25.6 Å². The summed E-state index contributed by atoms with van der Waals surface area (Å²) in [5.74, 6) is 2.05. The lowest BCUT2D eigenvalue weighted by molar-refractivity contribution is -0.133. The first-order valence-corrected chi connectivity index (χ1v) is 10.2. The molecular formula is C24H25NO6. The van der Waals surface area contributed by atoms with E-state index < -0.39 is 5.60 Å². The monoisotopic (exact) mass is 423 g/mol. The fourth-order valence-electron chi connectivity index (χ4n) is 3.95. The van der Waals surface area contributed by atoms with Crippen molar-refractivity contribution < 1.29 is 28.5 Å². The molecule has 1 unspecified atom stereocenters. The highest BCUT2D eigenvalue weighted by Crippen LogP contribution is 2.40. The number of benzene rings is 2. The summed E-state index contributed by atoms with van der Waals surface area (Å²) < 4.78 is 22.7. The fraction of sp³-hybridized carbons (Fsp3) is 0.333. The van der Waals surface area contributed by atoms with Crippen LogP contribution in [-0.2, 0) is 4.79 Å². The van der Waals surface area contributed by atoms with Gasteiger partial charge in [-0.3, -0.25) is 9.59 Å². The summed E-state index contributed by atoms with van der Waals surface area (Å²) in [7, 11) is 1.56. The lowest BCUT2D eigenvalue weighted by atomic mass is 9.89. The van der Waals surface area contributed by atoms with E-state index >= 15 is 0 Å². The quantitative estimate of drug-likeness (QED) is 0.637. The van der Waals surface area contributed by atoms with E-state index in [4.69, 9.17) is 18.9 Å². The molecule has 7 nitrogen and oxygen atoms in total. The minimum absolute atomic E-state index is 0.000932. The van der Waals surface area contributed by atoms with E-state index in [2.05, 4.69) is 6.58 Å². The number of fused-ring (bicyclic) bond motifs is 1. The number of likely N-dealkylation sites (tertiary alicyclic amines) is 1. The minimum atomic E-state index is -0.695. The number of ketones is 1. The second kappa shape index (κ2) is 8.71. The maximum atomic E-state index is 12.8. The number of amides is 1. The third-order valence-corrected chi connectivity index (χ3v) is 5.52. The van der Waals surface area contributed by atoms with Crippen LogP contribution in [0.2, 0.25) is 0 Å². The van der Waals surface area contributed by atoms with Crippen LogP contribution >= 0.6 is 0 Å². The highest BCUT2D eigenvalue weighted by atomic mass is 16.5. The standard InChI is InChI=1S/C24H25NO6/c1-3-12-29-21-6-4-5-7-22(21)30-15-23(27)25-11-10-24(16-25)14-19(26)18-13-17(28-2)8-9-20(18)31-24/h3-9,13H,1,10-12,14-16H2,2H3. The Kier molecular flexibility index (Phi) is 5.84. The molecule has 31 heavy (non-hydrogen) atoms. The molecule has 0 aromatic heterocycles. The summed E-state index contributed by atoms with van der Waals surface area (Å²) in [6.45, 7) is 4.72. The van der Waals surface area contributed by atoms with E-state index in [-0.39, 0.29) is 24.7 Å². The Morgan fingerprint density at radius 2 is 2.00 bits per heavy atom. The summed E-state index contributed by atoms with van der Waals surface area (Å²) in [6, 6.07) is 12.4. The molecule has 2 aromatic carbocycles. The predicted octanol–water partition coefficient (Wildman–Crippen LogP) is 3.28. The Bertz CT molecular complexity index is 1000. The number of methoxy groups -OCH3 is 1. The largest absolute Gasteiger partial charge is 0.497 e. The van der Waals surface area contributed by atoms with Crippen LogP contribution in [0.15, 0.2) is 55.1 Å².